The van der Waals surface area contributed by atoms with Crippen LogP contribution in [0.3, 0.4) is 0 Å². The van der Waals surface area contributed by atoms with Crippen molar-refractivity contribution >= 4 is 0 Å². The maximum absolute atomic E-state index is 5.95. The highest BCUT2D eigenvalue weighted by atomic mass is 16.5. The molecular formula is C11H23NO. The van der Waals surface area contributed by atoms with Crippen LogP contribution in [-0.2, 0) is 4.74 Å². The maximum atomic E-state index is 5.95. The second-order valence-electron chi connectivity index (χ2n) is 5.24. The summed E-state index contributed by atoms with van der Waals surface area (Å²) in [5, 5.41) is 0. The first-order chi connectivity index (χ1) is 5.85. The van der Waals surface area contributed by atoms with Gasteiger partial charge >= 0.3 is 0 Å². The fourth-order valence-corrected chi connectivity index (χ4v) is 1.56. The van der Waals surface area contributed by atoms with Crippen LogP contribution in [0.2, 0.25) is 0 Å². The molecule has 0 bridgehead atoms. The summed E-state index contributed by atoms with van der Waals surface area (Å²) in [5.41, 5.74) is 6.09. The zero-order valence-corrected chi connectivity index (χ0v) is 9.50. The van der Waals surface area contributed by atoms with Gasteiger partial charge in [-0.2, -0.15) is 0 Å². The summed E-state index contributed by atoms with van der Waals surface area (Å²) in [7, 11) is 0. The van der Waals surface area contributed by atoms with Crippen LogP contribution >= 0.6 is 0 Å². The third-order valence-corrected chi connectivity index (χ3v) is 3.57. The van der Waals surface area contributed by atoms with E-state index in [9.17, 15) is 0 Å². The number of hydrogen-bond donors (Lipinski definition) is 1. The Bertz CT molecular complexity index is 177. The normalized spacial score (nSPS) is 34.4. The van der Waals surface area contributed by atoms with Crippen LogP contribution in [0.4, 0.5) is 0 Å². The lowest BCUT2D eigenvalue weighted by Gasteiger charge is -2.51. The molecule has 1 aliphatic rings. The summed E-state index contributed by atoms with van der Waals surface area (Å²) in [6, 6.07) is 0.317. The van der Waals surface area contributed by atoms with E-state index in [-0.39, 0.29) is 5.41 Å². The van der Waals surface area contributed by atoms with E-state index in [1.165, 1.54) is 0 Å². The van der Waals surface area contributed by atoms with E-state index in [2.05, 4.69) is 34.6 Å². The van der Waals surface area contributed by atoms with Crippen molar-refractivity contribution in [1.82, 2.24) is 0 Å². The zero-order valence-electron chi connectivity index (χ0n) is 9.50. The molecule has 2 heteroatoms. The van der Waals surface area contributed by atoms with Crippen LogP contribution in [-0.4, -0.2) is 18.2 Å². The van der Waals surface area contributed by atoms with Gasteiger partial charge in [0.25, 0.3) is 0 Å². The Morgan fingerprint density at radius 2 is 1.85 bits per heavy atom. The van der Waals surface area contributed by atoms with Crippen LogP contribution < -0.4 is 5.73 Å². The standard InChI is InChI=1S/C11H23NO/c1-7(2)8(3)13-10-6-9(12)11(10,4)5/h7-10H,6,12H2,1-5H3. The first-order valence-corrected chi connectivity index (χ1v) is 5.26. The Labute approximate surface area is 81.8 Å². The lowest BCUT2D eigenvalue weighted by atomic mass is 9.65. The second-order valence-corrected chi connectivity index (χ2v) is 5.24. The predicted molar refractivity (Wildman–Crippen MR) is 55.5 cm³/mol. The fourth-order valence-electron chi connectivity index (χ4n) is 1.56. The van der Waals surface area contributed by atoms with Crippen molar-refractivity contribution in [2.24, 2.45) is 17.1 Å². The van der Waals surface area contributed by atoms with E-state index in [0.29, 0.717) is 24.2 Å². The van der Waals surface area contributed by atoms with Crippen molar-refractivity contribution in [2.45, 2.75) is 59.3 Å². The monoisotopic (exact) mass is 185 g/mol. The average Bonchev–Trinajstić information content (AvgIpc) is 2.03. The van der Waals surface area contributed by atoms with Crippen LogP contribution in [0.25, 0.3) is 0 Å². The van der Waals surface area contributed by atoms with Gasteiger partial charge in [-0.3, -0.25) is 0 Å². The number of rotatable bonds is 3. The molecule has 1 saturated carbocycles. The third-order valence-electron chi connectivity index (χ3n) is 3.57. The lowest BCUT2D eigenvalue weighted by Crippen LogP contribution is -2.59. The molecular weight excluding hydrogens is 162 g/mol. The Kier molecular flexibility index (Phi) is 3.03. The van der Waals surface area contributed by atoms with E-state index in [1.807, 2.05) is 0 Å². The molecule has 13 heavy (non-hydrogen) atoms. The van der Waals surface area contributed by atoms with E-state index >= 15 is 0 Å². The van der Waals surface area contributed by atoms with Gasteiger partial charge in [-0.15, -0.1) is 0 Å². The molecule has 1 aliphatic carbocycles. The quantitative estimate of drug-likeness (QED) is 0.731. The van der Waals surface area contributed by atoms with Crippen molar-refractivity contribution in [3.8, 4) is 0 Å². The molecule has 3 unspecified atom stereocenters. The van der Waals surface area contributed by atoms with Crippen molar-refractivity contribution < 1.29 is 4.74 Å². The highest BCUT2D eigenvalue weighted by Gasteiger charge is 2.47. The summed E-state index contributed by atoms with van der Waals surface area (Å²) < 4.78 is 5.95. The van der Waals surface area contributed by atoms with Gasteiger partial charge in [0.05, 0.1) is 12.2 Å². The molecule has 0 radical (unpaired) electrons. The van der Waals surface area contributed by atoms with Crippen molar-refractivity contribution in [3.05, 3.63) is 0 Å². The largest absolute Gasteiger partial charge is 0.374 e. The molecule has 0 aromatic carbocycles. The van der Waals surface area contributed by atoms with Gasteiger partial charge in [-0.05, 0) is 19.3 Å². The maximum Gasteiger partial charge on any atom is 0.0659 e. The molecule has 0 heterocycles. The van der Waals surface area contributed by atoms with Crippen molar-refractivity contribution in [1.29, 1.82) is 0 Å². The third kappa shape index (κ3) is 2.05. The van der Waals surface area contributed by atoms with Crippen molar-refractivity contribution in [2.75, 3.05) is 0 Å². The second kappa shape index (κ2) is 3.58. The number of ether oxygens (including phenoxy) is 1. The van der Waals surface area contributed by atoms with Gasteiger partial charge in [0.1, 0.15) is 0 Å². The minimum Gasteiger partial charge on any atom is -0.374 e. The first-order valence-electron chi connectivity index (χ1n) is 5.26. The highest BCUT2D eigenvalue weighted by Crippen LogP contribution is 2.42. The molecule has 3 atom stereocenters. The molecule has 0 amide bonds. The van der Waals surface area contributed by atoms with Gasteiger partial charge in [-0.1, -0.05) is 27.7 Å². The van der Waals surface area contributed by atoms with Crippen LogP contribution in [0, 0.1) is 11.3 Å². The molecule has 0 spiro atoms. The molecule has 1 fully saturated rings. The van der Waals surface area contributed by atoms with E-state index < -0.39 is 0 Å². The van der Waals surface area contributed by atoms with E-state index in [1.54, 1.807) is 0 Å². The summed E-state index contributed by atoms with van der Waals surface area (Å²) in [5.74, 6) is 0.590. The zero-order chi connectivity index (χ0) is 10.2. The van der Waals surface area contributed by atoms with Crippen LogP contribution in [0.5, 0.6) is 0 Å². The minimum atomic E-state index is 0.170. The Morgan fingerprint density at radius 1 is 1.31 bits per heavy atom. The smallest absolute Gasteiger partial charge is 0.0659 e. The summed E-state index contributed by atoms with van der Waals surface area (Å²) >= 11 is 0. The molecule has 2 N–H and O–H groups in total. The Hall–Kier alpha value is -0.0800. The van der Waals surface area contributed by atoms with Crippen molar-refractivity contribution in [3.63, 3.8) is 0 Å². The Balaban J connectivity index is 2.40. The topological polar surface area (TPSA) is 35.2 Å². The SMILES string of the molecule is CC(C)C(C)OC1CC(N)C1(C)C. The van der Waals surface area contributed by atoms with Gasteiger partial charge in [-0.25, -0.2) is 0 Å². The summed E-state index contributed by atoms with van der Waals surface area (Å²) in [6.07, 6.45) is 1.72. The van der Waals surface area contributed by atoms with Crippen LogP contribution in [0.1, 0.15) is 41.0 Å². The molecule has 0 aliphatic heterocycles. The predicted octanol–water partition coefficient (Wildman–Crippen LogP) is 2.17. The summed E-state index contributed by atoms with van der Waals surface area (Å²) in [4.78, 5) is 0. The van der Waals surface area contributed by atoms with Gasteiger partial charge in [0.2, 0.25) is 0 Å². The molecule has 78 valence electrons. The lowest BCUT2D eigenvalue weighted by molar-refractivity contribution is -0.144. The molecule has 1 rings (SSSR count). The van der Waals surface area contributed by atoms with Gasteiger partial charge in [0, 0.05) is 11.5 Å². The van der Waals surface area contributed by atoms with E-state index in [0.717, 1.165) is 6.42 Å². The number of nitrogens with two attached hydrogens (primary N) is 1. The minimum absolute atomic E-state index is 0.170. The van der Waals surface area contributed by atoms with Crippen LogP contribution in [0.15, 0.2) is 0 Å². The fraction of sp³-hybridized carbons (Fsp3) is 1.00. The Morgan fingerprint density at radius 3 is 2.15 bits per heavy atom. The van der Waals surface area contributed by atoms with E-state index in [4.69, 9.17) is 10.5 Å². The average molecular weight is 185 g/mol. The molecule has 0 saturated heterocycles. The number of hydrogen-bond acceptors (Lipinski definition) is 2. The highest BCUT2D eigenvalue weighted by molar-refractivity contribution is 5.01. The first kappa shape index (κ1) is 11.0. The summed E-state index contributed by atoms with van der Waals surface area (Å²) in [6.45, 7) is 10.9. The molecule has 0 aromatic rings. The molecule has 0 aromatic heterocycles. The van der Waals surface area contributed by atoms with Gasteiger partial charge in [0.15, 0.2) is 0 Å². The molecule has 2 nitrogen and oxygen atoms in total. The van der Waals surface area contributed by atoms with Gasteiger partial charge < -0.3 is 10.5 Å².